The lowest BCUT2D eigenvalue weighted by atomic mass is 10.1. The zero-order valence-corrected chi connectivity index (χ0v) is 13.7. The van der Waals surface area contributed by atoms with Gasteiger partial charge in [-0.2, -0.15) is 0 Å². The minimum absolute atomic E-state index is 0.713. The number of nitrogens with zero attached hydrogens (tertiary/aromatic N) is 1. The largest absolute Gasteiger partial charge is 0.492 e. The van der Waals surface area contributed by atoms with E-state index in [0.717, 1.165) is 32.0 Å². The normalized spacial score (nSPS) is 12.0. The number of ether oxygens (including phenoxy) is 2. The van der Waals surface area contributed by atoms with Gasteiger partial charge in [-0.15, -0.1) is 0 Å². The van der Waals surface area contributed by atoms with Crippen LogP contribution in [0.3, 0.4) is 0 Å². The van der Waals surface area contributed by atoms with Crippen LogP contribution in [-0.2, 0) is 4.74 Å². The molecular weight excluding hydrogens is 264 g/mol. The highest BCUT2D eigenvalue weighted by Gasteiger charge is 1.96. The van der Waals surface area contributed by atoms with Gasteiger partial charge in [-0.25, -0.2) is 0 Å². The van der Waals surface area contributed by atoms with Gasteiger partial charge >= 0.3 is 0 Å². The number of hydrogen-bond donors (Lipinski definition) is 1. The molecule has 0 aliphatic rings. The summed E-state index contributed by atoms with van der Waals surface area (Å²) in [6.07, 6.45) is 2.18. The molecule has 0 atom stereocenters. The van der Waals surface area contributed by atoms with Gasteiger partial charge in [0.15, 0.2) is 0 Å². The van der Waals surface area contributed by atoms with Gasteiger partial charge in [0.05, 0.1) is 6.61 Å². The Bertz CT molecular complexity index is 413. The van der Waals surface area contributed by atoms with Crippen LogP contribution in [0.15, 0.2) is 29.8 Å². The van der Waals surface area contributed by atoms with Crippen molar-refractivity contribution >= 4 is 6.08 Å². The molecular formula is C17H28N2O2. The Kier molecular flexibility index (Phi) is 8.74. The number of hydrogen-bond acceptors (Lipinski definition) is 4. The molecule has 0 radical (unpaired) electrons. The van der Waals surface area contributed by atoms with Gasteiger partial charge < -0.3 is 19.7 Å². The first kappa shape index (κ1) is 17.7. The van der Waals surface area contributed by atoms with Crippen LogP contribution >= 0.6 is 0 Å². The van der Waals surface area contributed by atoms with Crippen molar-refractivity contribution in [2.45, 2.75) is 6.92 Å². The molecule has 0 spiro atoms. The Balaban J connectivity index is 2.38. The SMILES string of the molecule is COCCNCC(C)=Cc1ccc(OCCN(C)C)cc1. The fourth-order valence-electron chi connectivity index (χ4n) is 1.80. The Hall–Kier alpha value is -1.36. The second-order valence-corrected chi connectivity index (χ2v) is 5.38. The van der Waals surface area contributed by atoms with Crippen LogP contribution in [-0.4, -0.2) is 59.0 Å². The molecule has 1 aromatic carbocycles. The van der Waals surface area contributed by atoms with E-state index in [9.17, 15) is 0 Å². The molecule has 0 aromatic heterocycles. The summed E-state index contributed by atoms with van der Waals surface area (Å²) in [4.78, 5) is 2.11. The quantitative estimate of drug-likeness (QED) is 0.671. The predicted octanol–water partition coefficient (Wildman–Crippen LogP) is 2.27. The molecule has 0 fully saturated rings. The number of likely N-dealkylation sites (N-methyl/N-ethyl adjacent to an activating group) is 1. The maximum Gasteiger partial charge on any atom is 0.119 e. The fourth-order valence-corrected chi connectivity index (χ4v) is 1.80. The molecule has 4 nitrogen and oxygen atoms in total. The average Bonchev–Trinajstić information content (AvgIpc) is 2.45. The molecule has 4 heteroatoms. The standard InChI is InChI=1S/C17H28N2O2/c1-15(14-18-9-11-20-4)13-16-5-7-17(8-6-16)21-12-10-19(2)3/h5-8,13,18H,9-12,14H2,1-4H3. The Labute approximate surface area is 128 Å². The van der Waals surface area contributed by atoms with Crippen LogP contribution in [0.2, 0.25) is 0 Å². The molecule has 118 valence electrons. The second kappa shape index (κ2) is 10.4. The molecule has 0 bridgehead atoms. The molecule has 21 heavy (non-hydrogen) atoms. The van der Waals surface area contributed by atoms with Crippen molar-refractivity contribution in [1.82, 2.24) is 10.2 Å². The van der Waals surface area contributed by atoms with Gasteiger partial charge in [0, 0.05) is 26.7 Å². The summed E-state index contributed by atoms with van der Waals surface area (Å²) < 4.78 is 10.7. The van der Waals surface area contributed by atoms with Crippen molar-refractivity contribution in [3.63, 3.8) is 0 Å². The van der Waals surface area contributed by atoms with Gasteiger partial charge in [0.25, 0.3) is 0 Å². The van der Waals surface area contributed by atoms with E-state index in [1.54, 1.807) is 7.11 Å². The zero-order valence-electron chi connectivity index (χ0n) is 13.7. The van der Waals surface area contributed by atoms with Crippen LogP contribution < -0.4 is 10.1 Å². The van der Waals surface area contributed by atoms with Gasteiger partial charge in [0.2, 0.25) is 0 Å². The Morgan fingerprint density at radius 2 is 1.90 bits per heavy atom. The van der Waals surface area contributed by atoms with E-state index in [0.29, 0.717) is 6.61 Å². The molecule has 0 unspecified atom stereocenters. The van der Waals surface area contributed by atoms with E-state index >= 15 is 0 Å². The van der Waals surface area contributed by atoms with Crippen molar-refractivity contribution in [1.29, 1.82) is 0 Å². The molecule has 0 amide bonds. The maximum absolute atomic E-state index is 5.68. The number of rotatable bonds is 10. The van der Waals surface area contributed by atoms with Crippen molar-refractivity contribution in [3.8, 4) is 5.75 Å². The van der Waals surface area contributed by atoms with Crippen molar-refractivity contribution in [2.75, 3.05) is 54.1 Å². The third-order valence-corrected chi connectivity index (χ3v) is 2.99. The van der Waals surface area contributed by atoms with Crippen LogP contribution in [0.25, 0.3) is 6.08 Å². The topological polar surface area (TPSA) is 33.7 Å². The summed E-state index contributed by atoms with van der Waals surface area (Å²) in [5, 5.41) is 3.33. The number of nitrogens with one attached hydrogen (secondary N) is 1. The summed E-state index contributed by atoms with van der Waals surface area (Å²) in [5.41, 5.74) is 2.49. The van der Waals surface area contributed by atoms with Gasteiger partial charge in [-0.3, -0.25) is 0 Å². The van der Waals surface area contributed by atoms with E-state index in [2.05, 4.69) is 35.3 Å². The molecule has 0 saturated heterocycles. The van der Waals surface area contributed by atoms with Crippen molar-refractivity contribution < 1.29 is 9.47 Å². The Morgan fingerprint density at radius 1 is 1.19 bits per heavy atom. The molecule has 0 aliphatic heterocycles. The van der Waals surface area contributed by atoms with E-state index < -0.39 is 0 Å². The van der Waals surface area contributed by atoms with Gasteiger partial charge in [0.1, 0.15) is 12.4 Å². The lowest BCUT2D eigenvalue weighted by Crippen LogP contribution is -2.20. The monoisotopic (exact) mass is 292 g/mol. The first-order valence-corrected chi connectivity index (χ1v) is 7.36. The Morgan fingerprint density at radius 3 is 2.52 bits per heavy atom. The summed E-state index contributed by atoms with van der Waals surface area (Å²) in [7, 11) is 5.80. The third kappa shape index (κ3) is 8.50. The first-order valence-electron chi connectivity index (χ1n) is 7.36. The van der Waals surface area contributed by atoms with Crippen LogP contribution in [0, 0.1) is 0 Å². The van der Waals surface area contributed by atoms with Crippen LogP contribution in [0.4, 0.5) is 0 Å². The van der Waals surface area contributed by atoms with Crippen molar-refractivity contribution in [2.24, 2.45) is 0 Å². The average molecular weight is 292 g/mol. The van der Waals surface area contributed by atoms with E-state index in [4.69, 9.17) is 9.47 Å². The molecule has 1 aromatic rings. The minimum atomic E-state index is 0.713. The third-order valence-electron chi connectivity index (χ3n) is 2.99. The lowest BCUT2D eigenvalue weighted by Gasteiger charge is -2.11. The van der Waals surface area contributed by atoms with E-state index in [1.807, 2.05) is 26.2 Å². The zero-order chi connectivity index (χ0) is 15.5. The molecule has 1 rings (SSSR count). The van der Waals surface area contributed by atoms with Crippen molar-refractivity contribution in [3.05, 3.63) is 35.4 Å². The molecule has 1 N–H and O–H groups in total. The summed E-state index contributed by atoms with van der Waals surface area (Å²) in [6.45, 7) is 6.26. The first-order chi connectivity index (χ1) is 10.1. The predicted molar refractivity (Wildman–Crippen MR) is 88.9 cm³/mol. The molecule has 0 aliphatic carbocycles. The summed E-state index contributed by atoms with van der Waals surface area (Å²) in [6, 6.07) is 8.22. The maximum atomic E-state index is 5.68. The van der Waals surface area contributed by atoms with Gasteiger partial charge in [-0.05, 0) is 38.7 Å². The fraction of sp³-hybridized carbons (Fsp3) is 0.529. The second-order valence-electron chi connectivity index (χ2n) is 5.38. The minimum Gasteiger partial charge on any atom is -0.492 e. The summed E-state index contributed by atoms with van der Waals surface area (Å²) in [5.74, 6) is 0.921. The summed E-state index contributed by atoms with van der Waals surface area (Å²) >= 11 is 0. The number of benzene rings is 1. The molecule has 0 heterocycles. The molecule has 0 saturated carbocycles. The smallest absolute Gasteiger partial charge is 0.119 e. The highest BCUT2D eigenvalue weighted by atomic mass is 16.5. The lowest BCUT2D eigenvalue weighted by molar-refractivity contribution is 0.200. The van der Waals surface area contributed by atoms with Crippen LogP contribution in [0.5, 0.6) is 5.75 Å². The van der Waals surface area contributed by atoms with E-state index in [-0.39, 0.29) is 0 Å². The highest BCUT2D eigenvalue weighted by Crippen LogP contribution is 2.14. The van der Waals surface area contributed by atoms with Crippen LogP contribution in [0.1, 0.15) is 12.5 Å². The highest BCUT2D eigenvalue weighted by molar-refractivity contribution is 5.53. The van der Waals surface area contributed by atoms with Gasteiger partial charge in [-0.1, -0.05) is 23.8 Å². The number of methoxy groups -OCH3 is 1. The van der Waals surface area contributed by atoms with E-state index in [1.165, 1.54) is 11.1 Å².